The third kappa shape index (κ3) is 5.52. The minimum absolute atomic E-state index is 0.0882. The molecule has 0 saturated carbocycles. The number of aromatic nitrogens is 2. The number of carbonyl (C=O) groups is 1. The zero-order valence-electron chi connectivity index (χ0n) is 15.6. The number of amides is 1. The van der Waals surface area contributed by atoms with Crippen LogP contribution in [-0.2, 0) is 11.3 Å². The second-order valence-corrected chi connectivity index (χ2v) is 6.62. The fourth-order valence-corrected chi connectivity index (χ4v) is 2.40. The maximum absolute atomic E-state index is 12.2. The number of nitrogens with zero attached hydrogens (tertiary/aromatic N) is 2. The van der Waals surface area contributed by atoms with Crippen LogP contribution in [0.5, 0.6) is 11.5 Å². The minimum atomic E-state index is -0.141. The van der Waals surface area contributed by atoms with E-state index in [4.69, 9.17) is 9.47 Å². The normalized spacial score (nSPS) is 12.1. The Labute approximate surface area is 149 Å². The maximum atomic E-state index is 12.2. The molecule has 25 heavy (non-hydrogen) atoms. The summed E-state index contributed by atoms with van der Waals surface area (Å²) >= 11 is 0. The minimum Gasteiger partial charge on any atom is -0.493 e. The van der Waals surface area contributed by atoms with E-state index in [2.05, 4.69) is 24.3 Å². The molecule has 1 amide bonds. The van der Waals surface area contributed by atoms with Crippen LogP contribution in [0.4, 0.5) is 0 Å². The largest absolute Gasteiger partial charge is 0.493 e. The maximum Gasteiger partial charge on any atom is 0.242 e. The van der Waals surface area contributed by atoms with E-state index in [-0.39, 0.29) is 18.5 Å². The molecule has 0 aliphatic heterocycles. The molecule has 1 N–H and O–H groups in total. The lowest BCUT2D eigenvalue weighted by atomic mass is 10.1. The Bertz CT molecular complexity index is 710. The monoisotopic (exact) mass is 345 g/mol. The molecule has 0 aliphatic rings. The summed E-state index contributed by atoms with van der Waals surface area (Å²) in [5.74, 6) is 1.73. The molecule has 2 rings (SSSR count). The van der Waals surface area contributed by atoms with Crippen LogP contribution in [-0.4, -0.2) is 29.4 Å². The van der Waals surface area contributed by atoms with Crippen molar-refractivity contribution in [3.05, 3.63) is 41.7 Å². The van der Waals surface area contributed by atoms with Gasteiger partial charge in [0.25, 0.3) is 0 Å². The van der Waals surface area contributed by atoms with Gasteiger partial charge in [0, 0.05) is 6.20 Å². The van der Waals surface area contributed by atoms with Gasteiger partial charge >= 0.3 is 0 Å². The zero-order chi connectivity index (χ0) is 18.4. The number of hydrogen-bond acceptors (Lipinski definition) is 4. The van der Waals surface area contributed by atoms with Crippen LogP contribution >= 0.6 is 0 Å². The first-order chi connectivity index (χ1) is 11.9. The van der Waals surface area contributed by atoms with Gasteiger partial charge in [-0.15, -0.1) is 0 Å². The second kappa shape index (κ2) is 8.55. The van der Waals surface area contributed by atoms with E-state index >= 15 is 0 Å². The Balaban J connectivity index is 2.00. The molecule has 0 unspecified atom stereocenters. The topological polar surface area (TPSA) is 65.4 Å². The third-order valence-electron chi connectivity index (χ3n) is 3.71. The van der Waals surface area contributed by atoms with Crippen molar-refractivity contribution in [2.75, 3.05) is 13.7 Å². The molecule has 0 bridgehead atoms. The van der Waals surface area contributed by atoms with Crippen molar-refractivity contribution in [3.63, 3.8) is 0 Å². The molecular formula is C19H27N3O3. The van der Waals surface area contributed by atoms with Crippen molar-refractivity contribution in [1.82, 2.24) is 15.1 Å². The summed E-state index contributed by atoms with van der Waals surface area (Å²) in [5.41, 5.74) is 1.99. The standard InChI is InChI=1S/C19H27N3O3/c1-13(2)12-25-17-7-6-16(8-18(17)24-5)15(4)21-19(23)11-22-10-14(3)9-20-22/h6-10,13,15H,11-12H2,1-5H3,(H,21,23)/t15-/m1/s1. The number of hydrogen-bond donors (Lipinski definition) is 1. The first kappa shape index (κ1) is 18.8. The number of benzene rings is 1. The van der Waals surface area contributed by atoms with Gasteiger partial charge < -0.3 is 14.8 Å². The van der Waals surface area contributed by atoms with Crippen LogP contribution in [0.25, 0.3) is 0 Å². The molecule has 0 spiro atoms. The SMILES string of the molecule is COc1cc([C@@H](C)NC(=O)Cn2cc(C)cn2)ccc1OCC(C)C. The second-order valence-electron chi connectivity index (χ2n) is 6.62. The fourth-order valence-electron chi connectivity index (χ4n) is 2.40. The van der Waals surface area contributed by atoms with E-state index < -0.39 is 0 Å². The Kier molecular flexibility index (Phi) is 6.44. The molecule has 0 fully saturated rings. The fraction of sp³-hybridized carbons (Fsp3) is 0.474. The van der Waals surface area contributed by atoms with Gasteiger partial charge in [-0.2, -0.15) is 5.10 Å². The molecule has 0 aliphatic carbocycles. The number of carbonyl (C=O) groups excluding carboxylic acids is 1. The number of ether oxygens (including phenoxy) is 2. The predicted octanol–water partition coefficient (Wildman–Crippen LogP) is 3.11. The summed E-state index contributed by atoms with van der Waals surface area (Å²) in [4.78, 5) is 12.2. The summed E-state index contributed by atoms with van der Waals surface area (Å²) in [6.07, 6.45) is 3.57. The average Bonchev–Trinajstić information content (AvgIpc) is 2.97. The number of rotatable bonds is 8. The Morgan fingerprint density at radius 2 is 2.04 bits per heavy atom. The van der Waals surface area contributed by atoms with Crippen LogP contribution < -0.4 is 14.8 Å². The Hall–Kier alpha value is -2.50. The van der Waals surface area contributed by atoms with Gasteiger partial charge in [0.05, 0.1) is 26.0 Å². The van der Waals surface area contributed by atoms with Gasteiger partial charge in [0.15, 0.2) is 11.5 Å². The summed E-state index contributed by atoms with van der Waals surface area (Å²) in [7, 11) is 1.62. The quantitative estimate of drug-likeness (QED) is 0.798. The summed E-state index contributed by atoms with van der Waals surface area (Å²) in [5, 5.41) is 7.11. The molecule has 6 nitrogen and oxygen atoms in total. The summed E-state index contributed by atoms with van der Waals surface area (Å²) in [6, 6.07) is 5.59. The summed E-state index contributed by atoms with van der Waals surface area (Å²) in [6.45, 7) is 8.91. The van der Waals surface area contributed by atoms with Crippen molar-refractivity contribution < 1.29 is 14.3 Å². The van der Waals surface area contributed by atoms with Gasteiger partial charge in [-0.3, -0.25) is 9.48 Å². The Morgan fingerprint density at radius 3 is 2.64 bits per heavy atom. The van der Waals surface area contributed by atoms with Crippen LogP contribution in [0.3, 0.4) is 0 Å². The number of methoxy groups -OCH3 is 1. The Morgan fingerprint density at radius 1 is 1.28 bits per heavy atom. The predicted molar refractivity (Wildman–Crippen MR) is 96.8 cm³/mol. The van der Waals surface area contributed by atoms with E-state index in [1.54, 1.807) is 18.0 Å². The lowest BCUT2D eigenvalue weighted by Crippen LogP contribution is -2.30. The van der Waals surface area contributed by atoms with Crippen LogP contribution in [0.15, 0.2) is 30.6 Å². The first-order valence-corrected chi connectivity index (χ1v) is 8.48. The van der Waals surface area contributed by atoms with E-state index in [0.717, 1.165) is 11.1 Å². The molecule has 1 aromatic carbocycles. The van der Waals surface area contributed by atoms with E-state index in [0.29, 0.717) is 24.0 Å². The highest BCUT2D eigenvalue weighted by atomic mass is 16.5. The van der Waals surface area contributed by atoms with Crippen LogP contribution in [0, 0.1) is 12.8 Å². The van der Waals surface area contributed by atoms with Gasteiger partial charge in [0.2, 0.25) is 5.91 Å². The molecule has 1 heterocycles. The summed E-state index contributed by atoms with van der Waals surface area (Å²) < 4.78 is 12.8. The average molecular weight is 345 g/mol. The molecule has 1 aromatic heterocycles. The van der Waals surface area contributed by atoms with Crippen molar-refractivity contribution in [2.24, 2.45) is 5.92 Å². The smallest absolute Gasteiger partial charge is 0.242 e. The lowest BCUT2D eigenvalue weighted by molar-refractivity contribution is -0.122. The van der Waals surface area contributed by atoms with E-state index in [1.807, 2.05) is 38.2 Å². The van der Waals surface area contributed by atoms with Gasteiger partial charge in [0.1, 0.15) is 6.54 Å². The van der Waals surface area contributed by atoms with Gasteiger partial charge in [-0.25, -0.2) is 0 Å². The van der Waals surface area contributed by atoms with Crippen molar-refractivity contribution >= 4 is 5.91 Å². The molecule has 2 aromatic rings. The highest BCUT2D eigenvalue weighted by Crippen LogP contribution is 2.30. The zero-order valence-corrected chi connectivity index (χ0v) is 15.6. The highest BCUT2D eigenvalue weighted by Gasteiger charge is 2.14. The third-order valence-corrected chi connectivity index (χ3v) is 3.71. The van der Waals surface area contributed by atoms with Crippen LogP contribution in [0.1, 0.15) is 37.9 Å². The number of nitrogens with one attached hydrogen (secondary N) is 1. The first-order valence-electron chi connectivity index (χ1n) is 8.48. The van der Waals surface area contributed by atoms with Gasteiger partial charge in [-0.1, -0.05) is 19.9 Å². The number of aryl methyl sites for hydroxylation is 1. The van der Waals surface area contributed by atoms with E-state index in [1.165, 1.54) is 0 Å². The van der Waals surface area contributed by atoms with Gasteiger partial charge in [-0.05, 0) is 43.0 Å². The van der Waals surface area contributed by atoms with E-state index in [9.17, 15) is 4.79 Å². The molecule has 1 atom stereocenters. The van der Waals surface area contributed by atoms with Crippen LogP contribution in [0.2, 0.25) is 0 Å². The molecule has 6 heteroatoms. The molecule has 136 valence electrons. The molecular weight excluding hydrogens is 318 g/mol. The molecule has 0 saturated heterocycles. The van der Waals surface area contributed by atoms with Crippen molar-refractivity contribution in [1.29, 1.82) is 0 Å². The lowest BCUT2D eigenvalue weighted by Gasteiger charge is -2.18. The molecule has 0 radical (unpaired) electrons. The van der Waals surface area contributed by atoms with Crippen molar-refractivity contribution in [3.8, 4) is 11.5 Å². The highest BCUT2D eigenvalue weighted by molar-refractivity contribution is 5.76. The van der Waals surface area contributed by atoms with Crippen molar-refractivity contribution in [2.45, 2.75) is 40.3 Å².